The molecule has 0 atom stereocenters. The Morgan fingerprint density at radius 3 is 2.67 bits per heavy atom. The summed E-state index contributed by atoms with van der Waals surface area (Å²) < 4.78 is 0. The van der Waals surface area contributed by atoms with E-state index in [2.05, 4.69) is 10.6 Å². The summed E-state index contributed by atoms with van der Waals surface area (Å²) in [6.07, 6.45) is 0.888. The zero-order valence-electron chi connectivity index (χ0n) is 8.70. The highest BCUT2D eigenvalue weighted by atomic mass is 16.1. The van der Waals surface area contributed by atoms with Crippen LogP contribution in [0.5, 0.6) is 0 Å². The molecule has 15 heavy (non-hydrogen) atoms. The quantitative estimate of drug-likeness (QED) is 0.597. The van der Waals surface area contributed by atoms with Crippen molar-refractivity contribution in [2.24, 2.45) is 5.73 Å². The molecule has 1 amide bonds. The molecule has 82 valence electrons. The SMILES string of the molecule is NCCCNCC(=O)Nc1ccccc1. The third-order valence-corrected chi connectivity index (χ3v) is 1.90. The second-order valence-electron chi connectivity index (χ2n) is 3.23. The fraction of sp³-hybridized carbons (Fsp3) is 0.364. The Morgan fingerprint density at radius 2 is 2.00 bits per heavy atom. The van der Waals surface area contributed by atoms with Gasteiger partial charge in [-0.1, -0.05) is 18.2 Å². The molecule has 0 radical (unpaired) electrons. The minimum absolute atomic E-state index is 0.0294. The second kappa shape index (κ2) is 6.98. The summed E-state index contributed by atoms with van der Waals surface area (Å²) in [6.45, 7) is 1.75. The van der Waals surface area contributed by atoms with Gasteiger partial charge in [-0.2, -0.15) is 0 Å². The molecule has 1 rings (SSSR count). The van der Waals surface area contributed by atoms with Crippen LogP contribution < -0.4 is 16.4 Å². The lowest BCUT2D eigenvalue weighted by Crippen LogP contribution is -2.29. The summed E-state index contributed by atoms with van der Waals surface area (Å²) in [5, 5.41) is 5.80. The van der Waals surface area contributed by atoms with Crippen molar-refractivity contribution in [3.05, 3.63) is 30.3 Å². The summed E-state index contributed by atoms with van der Waals surface area (Å²) in [5.74, 6) is -0.0294. The van der Waals surface area contributed by atoms with Gasteiger partial charge in [0.05, 0.1) is 6.54 Å². The van der Waals surface area contributed by atoms with E-state index in [1.165, 1.54) is 0 Å². The number of rotatable bonds is 6. The van der Waals surface area contributed by atoms with Gasteiger partial charge in [-0.15, -0.1) is 0 Å². The van der Waals surface area contributed by atoms with Crippen molar-refractivity contribution < 1.29 is 4.79 Å². The molecule has 0 aromatic heterocycles. The Bertz CT molecular complexity index is 287. The third kappa shape index (κ3) is 5.15. The molecule has 0 saturated carbocycles. The first-order chi connectivity index (χ1) is 7.33. The summed E-state index contributed by atoms with van der Waals surface area (Å²) >= 11 is 0. The van der Waals surface area contributed by atoms with Crippen LogP contribution in [-0.4, -0.2) is 25.5 Å². The van der Waals surface area contributed by atoms with Gasteiger partial charge in [0.1, 0.15) is 0 Å². The van der Waals surface area contributed by atoms with Crippen LogP contribution in [0.3, 0.4) is 0 Å². The van der Waals surface area contributed by atoms with Crippen LogP contribution in [0.1, 0.15) is 6.42 Å². The Morgan fingerprint density at radius 1 is 1.27 bits per heavy atom. The van der Waals surface area contributed by atoms with E-state index >= 15 is 0 Å². The molecule has 0 heterocycles. The molecule has 0 aliphatic heterocycles. The minimum Gasteiger partial charge on any atom is -0.330 e. The van der Waals surface area contributed by atoms with Crippen LogP contribution in [0.25, 0.3) is 0 Å². The second-order valence-corrected chi connectivity index (χ2v) is 3.23. The van der Waals surface area contributed by atoms with Crippen LogP contribution in [-0.2, 0) is 4.79 Å². The maximum Gasteiger partial charge on any atom is 0.238 e. The molecule has 4 N–H and O–H groups in total. The van der Waals surface area contributed by atoms with Crippen molar-refractivity contribution in [2.75, 3.05) is 25.0 Å². The van der Waals surface area contributed by atoms with E-state index in [-0.39, 0.29) is 5.91 Å². The number of carbonyl (C=O) groups is 1. The summed E-state index contributed by atoms with van der Waals surface area (Å²) in [4.78, 5) is 11.4. The van der Waals surface area contributed by atoms with Crippen LogP contribution in [0.2, 0.25) is 0 Å². The fourth-order valence-corrected chi connectivity index (χ4v) is 1.16. The normalized spacial score (nSPS) is 9.93. The van der Waals surface area contributed by atoms with Crippen LogP contribution >= 0.6 is 0 Å². The van der Waals surface area contributed by atoms with E-state index in [1.807, 2.05) is 30.3 Å². The van der Waals surface area contributed by atoms with Crippen molar-refractivity contribution >= 4 is 11.6 Å². The van der Waals surface area contributed by atoms with Gasteiger partial charge < -0.3 is 16.4 Å². The van der Waals surface area contributed by atoms with E-state index in [1.54, 1.807) is 0 Å². The maximum absolute atomic E-state index is 11.4. The number of hydrogen-bond acceptors (Lipinski definition) is 3. The topological polar surface area (TPSA) is 67.1 Å². The number of nitrogens with one attached hydrogen (secondary N) is 2. The van der Waals surface area contributed by atoms with E-state index < -0.39 is 0 Å². The summed E-state index contributed by atoms with van der Waals surface area (Å²) in [7, 11) is 0. The minimum atomic E-state index is -0.0294. The largest absolute Gasteiger partial charge is 0.330 e. The van der Waals surface area contributed by atoms with Gasteiger partial charge >= 0.3 is 0 Å². The van der Waals surface area contributed by atoms with Crippen molar-refractivity contribution in [3.63, 3.8) is 0 Å². The summed E-state index contributed by atoms with van der Waals surface area (Å²) in [5.41, 5.74) is 6.15. The number of carbonyl (C=O) groups excluding carboxylic acids is 1. The smallest absolute Gasteiger partial charge is 0.238 e. The highest BCUT2D eigenvalue weighted by Gasteiger charge is 1.99. The van der Waals surface area contributed by atoms with Gasteiger partial charge in [-0.3, -0.25) is 4.79 Å². The van der Waals surface area contributed by atoms with Crippen LogP contribution in [0.4, 0.5) is 5.69 Å². The van der Waals surface area contributed by atoms with Gasteiger partial charge in [0.25, 0.3) is 0 Å². The molecular weight excluding hydrogens is 190 g/mol. The molecule has 0 spiro atoms. The van der Waals surface area contributed by atoms with Gasteiger partial charge in [-0.25, -0.2) is 0 Å². The molecule has 4 heteroatoms. The number of nitrogens with two attached hydrogens (primary N) is 1. The number of para-hydroxylation sites is 1. The first-order valence-corrected chi connectivity index (χ1v) is 5.08. The maximum atomic E-state index is 11.4. The lowest BCUT2D eigenvalue weighted by atomic mass is 10.3. The van der Waals surface area contributed by atoms with Crippen molar-refractivity contribution in [3.8, 4) is 0 Å². The van der Waals surface area contributed by atoms with Crippen LogP contribution in [0.15, 0.2) is 30.3 Å². The zero-order valence-corrected chi connectivity index (χ0v) is 8.70. The molecular formula is C11H17N3O. The van der Waals surface area contributed by atoms with Gasteiger partial charge in [0.2, 0.25) is 5.91 Å². The zero-order chi connectivity index (χ0) is 10.9. The average Bonchev–Trinajstić information content (AvgIpc) is 2.26. The summed E-state index contributed by atoms with van der Waals surface area (Å²) in [6, 6.07) is 9.40. The third-order valence-electron chi connectivity index (χ3n) is 1.90. The molecule has 4 nitrogen and oxygen atoms in total. The highest BCUT2D eigenvalue weighted by molar-refractivity contribution is 5.92. The first kappa shape index (κ1) is 11.7. The van der Waals surface area contributed by atoms with E-state index in [4.69, 9.17) is 5.73 Å². The molecule has 0 bridgehead atoms. The lowest BCUT2D eigenvalue weighted by Gasteiger charge is -2.05. The Kier molecular flexibility index (Phi) is 5.43. The van der Waals surface area contributed by atoms with E-state index in [9.17, 15) is 4.79 Å². The van der Waals surface area contributed by atoms with Gasteiger partial charge in [0.15, 0.2) is 0 Å². The predicted octanol–water partition coefficient (Wildman–Crippen LogP) is 0.563. The molecule has 0 fully saturated rings. The predicted molar refractivity (Wildman–Crippen MR) is 61.6 cm³/mol. The number of benzene rings is 1. The fourth-order valence-electron chi connectivity index (χ4n) is 1.16. The monoisotopic (exact) mass is 207 g/mol. The molecule has 0 unspecified atom stereocenters. The number of amides is 1. The molecule has 1 aromatic carbocycles. The van der Waals surface area contributed by atoms with Gasteiger partial charge in [-0.05, 0) is 31.6 Å². The molecule has 1 aromatic rings. The van der Waals surface area contributed by atoms with Crippen LogP contribution in [0, 0.1) is 0 Å². The Balaban J connectivity index is 2.19. The van der Waals surface area contributed by atoms with Crippen molar-refractivity contribution in [1.82, 2.24) is 5.32 Å². The Labute approximate surface area is 89.9 Å². The molecule has 0 aliphatic carbocycles. The molecule has 0 saturated heterocycles. The Hall–Kier alpha value is -1.39. The first-order valence-electron chi connectivity index (χ1n) is 5.08. The molecule has 0 aliphatic rings. The number of anilines is 1. The van der Waals surface area contributed by atoms with E-state index in [0.29, 0.717) is 13.1 Å². The van der Waals surface area contributed by atoms with Crippen molar-refractivity contribution in [1.29, 1.82) is 0 Å². The standard InChI is InChI=1S/C11H17N3O/c12-7-4-8-13-9-11(15)14-10-5-2-1-3-6-10/h1-3,5-6,13H,4,7-9,12H2,(H,14,15). The average molecular weight is 207 g/mol. The number of hydrogen-bond donors (Lipinski definition) is 3. The van der Waals surface area contributed by atoms with E-state index in [0.717, 1.165) is 18.7 Å². The lowest BCUT2D eigenvalue weighted by molar-refractivity contribution is -0.115. The van der Waals surface area contributed by atoms with Crippen molar-refractivity contribution in [2.45, 2.75) is 6.42 Å². The highest BCUT2D eigenvalue weighted by Crippen LogP contribution is 2.03. The van der Waals surface area contributed by atoms with Gasteiger partial charge in [0, 0.05) is 5.69 Å².